The number of hydrogen-bond acceptors (Lipinski definition) is 5. The molecule has 0 bridgehead atoms. The van der Waals surface area contributed by atoms with Crippen molar-refractivity contribution in [1.29, 1.82) is 0 Å². The number of hydrogen-bond donors (Lipinski definition) is 1. The summed E-state index contributed by atoms with van der Waals surface area (Å²) in [4.78, 5) is 12.5. The predicted octanol–water partition coefficient (Wildman–Crippen LogP) is 3.92. The van der Waals surface area contributed by atoms with Crippen LogP contribution in [0.1, 0.15) is 12.5 Å². The Bertz CT molecular complexity index is 1120. The highest BCUT2D eigenvalue weighted by Gasteiger charge is 2.23. The van der Waals surface area contributed by atoms with Crippen molar-refractivity contribution in [2.75, 3.05) is 25.5 Å². The fourth-order valence-corrected chi connectivity index (χ4v) is 4.04. The van der Waals surface area contributed by atoms with Crippen LogP contribution in [0.15, 0.2) is 83.8 Å². The van der Waals surface area contributed by atoms with Gasteiger partial charge in [0.05, 0.1) is 18.0 Å². The molecule has 3 aromatic carbocycles. The number of carbonyl (C=O) groups is 1. The Morgan fingerprint density at radius 3 is 2.09 bits per heavy atom. The third-order valence-corrected chi connectivity index (χ3v) is 6.41. The maximum Gasteiger partial charge on any atom is 0.243 e. The van der Waals surface area contributed by atoms with Crippen molar-refractivity contribution in [2.24, 2.45) is 0 Å². The molecule has 0 unspecified atom stereocenters. The Morgan fingerprint density at radius 2 is 1.47 bits per heavy atom. The van der Waals surface area contributed by atoms with E-state index in [-0.39, 0.29) is 11.4 Å². The molecule has 3 rings (SSSR count). The molecule has 0 fully saturated rings. The summed E-state index contributed by atoms with van der Waals surface area (Å²) in [7, 11) is -2.43. The zero-order chi connectivity index (χ0) is 23.0. The molecule has 32 heavy (non-hydrogen) atoms. The zero-order valence-corrected chi connectivity index (χ0v) is 18.8. The van der Waals surface area contributed by atoms with E-state index in [4.69, 9.17) is 9.47 Å². The van der Waals surface area contributed by atoms with Crippen LogP contribution in [0.4, 0.5) is 5.69 Å². The zero-order valence-electron chi connectivity index (χ0n) is 18.0. The molecule has 0 saturated carbocycles. The first-order chi connectivity index (χ1) is 15.4. The molecule has 0 aromatic heterocycles. The minimum Gasteiger partial charge on any atom is -0.494 e. The molecule has 0 spiro atoms. The Labute approximate surface area is 188 Å². The SMILES string of the molecule is CCOc1ccc(S(=O)(=O)N(C)CC(=O)Nc2ccc(OCc3ccccc3)cc2)cc1. The van der Waals surface area contributed by atoms with E-state index in [1.165, 1.54) is 19.2 Å². The van der Waals surface area contributed by atoms with Crippen LogP contribution < -0.4 is 14.8 Å². The first kappa shape index (κ1) is 23.3. The van der Waals surface area contributed by atoms with Crippen molar-refractivity contribution in [3.63, 3.8) is 0 Å². The highest BCUT2D eigenvalue weighted by Crippen LogP contribution is 2.20. The quantitative estimate of drug-likeness (QED) is 0.502. The van der Waals surface area contributed by atoms with Gasteiger partial charge in [0.25, 0.3) is 0 Å². The normalized spacial score (nSPS) is 11.2. The lowest BCUT2D eigenvalue weighted by Gasteiger charge is -2.17. The molecular formula is C24H26N2O5S. The first-order valence-electron chi connectivity index (χ1n) is 10.1. The Kier molecular flexibility index (Phi) is 7.86. The minimum absolute atomic E-state index is 0.0937. The molecule has 0 aliphatic rings. The van der Waals surface area contributed by atoms with Gasteiger partial charge in [0.2, 0.25) is 15.9 Å². The Morgan fingerprint density at radius 1 is 0.875 bits per heavy atom. The molecule has 0 aliphatic carbocycles. The molecular weight excluding hydrogens is 428 g/mol. The lowest BCUT2D eigenvalue weighted by Crippen LogP contribution is -2.34. The van der Waals surface area contributed by atoms with Crippen LogP contribution in [-0.4, -0.2) is 38.8 Å². The maximum absolute atomic E-state index is 12.7. The van der Waals surface area contributed by atoms with Crippen molar-refractivity contribution in [3.8, 4) is 11.5 Å². The van der Waals surface area contributed by atoms with Gasteiger partial charge in [-0.2, -0.15) is 4.31 Å². The second kappa shape index (κ2) is 10.8. The molecule has 1 N–H and O–H groups in total. The van der Waals surface area contributed by atoms with Gasteiger partial charge < -0.3 is 14.8 Å². The Hall–Kier alpha value is -3.36. The number of amides is 1. The van der Waals surface area contributed by atoms with E-state index in [1.807, 2.05) is 37.3 Å². The number of sulfonamides is 1. The summed E-state index contributed by atoms with van der Waals surface area (Å²) in [6.45, 7) is 2.47. The minimum atomic E-state index is -3.80. The van der Waals surface area contributed by atoms with E-state index in [0.29, 0.717) is 30.4 Å². The highest BCUT2D eigenvalue weighted by atomic mass is 32.2. The summed E-state index contributed by atoms with van der Waals surface area (Å²) in [5.41, 5.74) is 1.61. The summed E-state index contributed by atoms with van der Waals surface area (Å²) in [6, 6.07) is 22.8. The van der Waals surface area contributed by atoms with Crippen LogP contribution in [0.3, 0.4) is 0 Å². The largest absolute Gasteiger partial charge is 0.494 e. The standard InChI is InChI=1S/C24H26N2O5S/c1-3-30-21-13-15-23(16-14-21)32(28,29)26(2)17-24(27)25-20-9-11-22(12-10-20)31-18-19-7-5-4-6-8-19/h4-16H,3,17-18H2,1-2H3,(H,25,27). The second-order valence-electron chi connectivity index (χ2n) is 7.01. The van der Waals surface area contributed by atoms with Crippen LogP contribution in [0.25, 0.3) is 0 Å². The fourth-order valence-electron chi connectivity index (χ4n) is 2.92. The topological polar surface area (TPSA) is 84.9 Å². The van der Waals surface area contributed by atoms with Crippen molar-refractivity contribution in [3.05, 3.63) is 84.4 Å². The summed E-state index contributed by atoms with van der Waals surface area (Å²) in [6.07, 6.45) is 0. The van der Waals surface area contributed by atoms with E-state index in [2.05, 4.69) is 5.32 Å². The summed E-state index contributed by atoms with van der Waals surface area (Å²) in [5, 5.41) is 2.70. The third kappa shape index (κ3) is 6.32. The lowest BCUT2D eigenvalue weighted by atomic mass is 10.2. The summed E-state index contributed by atoms with van der Waals surface area (Å²) >= 11 is 0. The molecule has 0 atom stereocenters. The number of nitrogens with one attached hydrogen (secondary N) is 1. The van der Waals surface area contributed by atoms with E-state index in [0.717, 1.165) is 9.87 Å². The Balaban J connectivity index is 1.53. The number of rotatable bonds is 10. The molecule has 0 saturated heterocycles. The first-order valence-corrected chi connectivity index (χ1v) is 11.6. The number of benzene rings is 3. The van der Waals surface area contributed by atoms with Gasteiger partial charge in [0.1, 0.15) is 18.1 Å². The van der Waals surface area contributed by atoms with Gasteiger partial charge in [0, 0.05) is 12.7 Å². The number of anilines is 1. The van der Waals surface area contributed by atoms with Crippen LogP contribution in [-0.2, 0) is 21.4 Å². The van der Waals surface area contributed by atoms with Crippen molar-refractivity contribution >= 4 is 21.6 Å². The van der Waals surface area contributed by atoms with E-state index >= 15 is 0 Å². The van der Waals surface area contributed by atoms with Crippen LogP contribution in [0.5, 0.6) is 11.5 Å². The highest BCUT2D eigenvalue weighted by molar-refractivity contribution is 7.89. The van der Waals surface area contributed by atoms with Gasteiger partial charge in [-0.15, -0.1) is 0 Å². The monoisotopic (exact) mass is 454 g/mol. The number of carbonyl (C=O) groups excluding carboxylic acids is 1. The van der Waals surface area contributed by atoms with E-state index < -0.39 is 15.9 Å². The van der Waals surface area contributed by atoms with Crippen molar-refractivity contribution in [2.45, 2.75) is 18.4 Å². The van der Waals surface area contributed by atoms with Gasteiger partial charge in [-0.25, -0.2) is 8.42 Å². The van der Waals surface area contributed by atoms with Gasteiger partial charge in [-0.05, 0) is 61.0 Å². The molecule has 8 heteroatoms. The summed E-state index contributed by atoms with van der Waals surface area (Å²) in [5.74, 6) is 0.810. The van der Waals surface area contributed by atoms with Crippen molar-refractivity contribution < 1.29 is 22.7 Å². The molecule has 0 radical (unpaired) electrons. The summed E-state index contributed by atoms with van der Waals surface area (Å²) < 4.78 is 37.5. The van der Waals surface area contributed by atoms with Gasteiger partial charge >= 0.3 is 0 Å². The van der Waals surface area contributed by atoms with Gasteiger partial charge in [-0.1, -0.05) is 30.3 Å². The number of nitrogens with zero attached hydrogens (tertiary/aromatic N) is 1. The van der Waals surface area contributed by atoms with Crippen LogP contribution >= 0.6 is 0 Å². The second-order valence-corrected chi connectivity index (χ2v) is 9.06. The lowest BCUT2D eigenvalue weighted by molar-refractivity contribution is -0.116. The molecule has 3 aromatic rings. The fraction of sp³-hybridized carbons (Fsp3) is 0.208. The number of likely N-dealkylation sites (N-methyl/N-ethyl adjacent to an activating group) is 1. The van der Waals surface area contributed by atoms with E-state index in [9.17, 15) is 13.2 Å². The molecule has 7 nitrogen and oxygen atoms in total. The maximum atomic E-state index is 12.7. The molecule has 1 amide bonds. The third-order valence-electron chi connectivity index (χ3n) is 4.60. The predicted molar refractivity (Wildman–Crippen MR) is 123 cm³/mol. The van der Waals surface area contributed by atoms with Gasteiger partial charge in [-0.3, -0.25) is 4.79 Å². The van der Waals surface area contributed by atoms with Crippen molar-refractivity contribution in [1.82, 2.24) is 4.31 Å². The average Bonchev–Trinajstić information content (AvgIpc) is 2.80. The number of ether oxygens (including phenoxy) is 2. The molecule has 0 heterocycles. The van der Waals surface area contributed by atoms with Crippen LogP contribution in [0.2, 0.25) is 0 Å². The van der Waals surface area contributed by atoms with E-state index in [1.54, 1.807) is 36.4 Å². The smallest absolute Gasteiger partial charge is 0.243 e. The molecule has 0 aliphatic heterocycles. The molecule has 168 valence electrons. The van der Waals surface area contributed by atoms with Crippen LogP contribution in [0, 0.1) is 0 Å². The van der Waals surface area contributed by atoms with Gasteiger partial charge in [0.15, 0.2) is 0 Å². The average molecular weight is 455 g/mol.